The molecule has 4 heteroatoms. The Morgan fingerprint density at radius 3 is 2.63 bits per heavy atom. The standard InChI is InChI=1S/C23H24O4/c1-4-27-23(25)22-19(18-10-5-6-11-21(18)26-3)13-17(14-20(22)24)16-9-7-8-15(2)12-16/h5-12,14,19,22H,4,13H2,1-3H3/t19-,22-/m0/s1. The van der Waals surface area contributed by atoms with Crippen LogP contribution in [-0.2, 0) is 14.3 Å². The zero-order valence-corrected chi connectivity index (χ0v) is 15.9. The first-order chi connectivity index (χ1) is 13.0. The average molecular weight is 364 g/mol. The Morgan fingerprint density at radius 1 is 1.15 bits per heavy atom. The monoisotopic (exact) mass is 364 g/mol. The molecule has 0 saturated heterocycles. The molecule has 4 nitrogen and oxygen atoms in total. The number of carbonyl (C=O) groups excluding carboxylic acids is 2. The molecule has 0 fully saturated rings. The van der Waals surface area contributed by atoms with Crippen LogP contribution in [0.5, 0.6) is 5.75 Å². The van der Waals surface area contributed by atoms with Crippen LogP contribution in [0.2, 0.25) is 0 Å². The van der Waals surface area contributed by atoms with Crippen LogP contribution in [-0.4, -0.2) is 25.5 Å². The smallest absolute Gasteiger partial charge is 0.317 e. The average Bonchev–Trinajstić information content (AvgIpc) is 2.67. The van der Waals surface area contributed by atoms with E-state index in [4.69, 9.17) is 9.47 Å². The lowest BCUT2D eigenvalue weighted by Crippen LogP contribution is -2.34. The summed E-state index contributed by atoms with van der Waals surface area (Å²) in [6, 6.07) is 15.6. The zero-order valence-electron chi connectivity index (χ0n) is 15.9. The number of para-hydroxylation sites is 1. The molecule has 0 amide bonds. The molecule has 0 aromatic heterocycles. The molecular formula is C23H24O4. The third-order valence-corrected chi connectivity index (χ3v) is 4.93. The summed E-state index contributed by atoms with van der Waals surface area (Å²) in [5, 5.41) is 0. The van der Waals surface area contributed by atoms with Gasteiger partial charge in [-0.2, -0.15) is 0 Å². The van der Waals surface area contributed by atoms with Gasteiger partial charge in [-0.1, -0.05) is 48.0 Å². The van der Waals surface area contributed by atoms with Crippen molar-refractivity contribution < 1.29 is 19.1 Å². The van der Waals surface area contributed by atoms with E-state index in [9.17, 15) is 9.59 Å². The van der Waals surface area contributed by atoms with Crippen molar-refractivity contribution in [2.75, 3.05) is 13.7 Å². The fourth-order valence-corrected chi connectivity index (χ4v) is 3.69. The van der Waals surface area contributed by atoms with Crippen LogP contribution in [0.3, 0.4) is 0 Å². The van der Waals surface area contributed by atoms with Crippen molar-refractivity contribution in [3.05, 3.63) is 71.3 Å². The quantitative estimate of drug-likeness (QED) is 0.586. The molecule has 2 atom stereocenters. The van der Waals surface area contributed by atoms with Crippen molar-refractivity contribution in [3.63, 3.8) is 0 Å². The molecular weight excluding hydrogens is 340 g/mol. The molecule has 0 bridgehead atoms. The van der Waals surface area contributed by atoms with E-state index in [1.165, 1.54) is 0 Å². The Kier molecular flexibility index (Phi) is 5.75. The maximum Gasteiger partial charge on any atom is 0.317 e. The van der Waals surface area contributed by atoms with Gasteiger partial charge in [0.2, 0.25) is 0 Å². The topological polar surface area (TPSA) is 52.6 Å². The van der Waals surface area contributed by atoms with Crippen LogP contribution >= 0.6 is 0 Å². The molecule has 0 spiro atoms. The number of hydrogen-bond acceptors (Lipinski definition) is 4. The van der Waals surface area contributed by atoms with E-state index < -0.39 is 11.9 Å². The molecule has 1 aliphatic carbocycles. The van der Waals surface area contributed by atoms with Crippen molar-refractivity contribution in [3.8, 4) is 5.75 Å². The van der Waals surface area contributed by atoms with Crippen LogP contribution in [0.15, 0.2) is 54.6 Å². The fraction of sp³-hybridized carbons (Fsp3) is 0.304. The molecule has 140 valence electrons. The van der Waals surface area contributed by atoms with Crippen LogP contribution < -0.4 is 4.74 Å². The third-order valence-electron chi connectivity index (χ3n) is 4.93. The largest absolute Gasteiger partial charge is 0.496 e. The van der Waals surface area contributed by atoms with Gasteiger partial charge in [-0.05, 0) is 49.1 Å². The maximum atomic E-state index is 12.9. The number of ketones is 1. The molecule has 0 aliphatic heterocycles. The summed E-state index contributed by atoms with van der Waals surface area (Å²) in [4.78, 5) is 25.5. The van der Waals surface area contributed by atoms with Gasteiger partial charge >= 0.3 is 5.97 Å². The highest BCUT2D eigenvalue weighted by molar-refractivity contribution is 6.10. The van der Waals surface area contributed by atoms with Crippen LogP contribution in [0.4, 0.5) is 0 Å². The second kappa shape index (κ2) is 8.21. The first kappa shape index (κ1) is 18.9. The summed E-state index contributed by atoms with van der Waals surface area (Å²) < 4.78 is 10.7. The predicted octanol–water partition coefficient (Wildman–Crippen LogP) is 4.32. The summed E-state index contributed by atoms with van der Waals surface area (Å²) in [6.07, 6.45) is 2.17. The van der Waals surface area contributed by atoms with Crippen molar-refractivity contribution in [1.82, 2.24) is 0 Å². The number of hydrogen-bond donors (Lipinski definition) is 0. The molecule has 0 heterocycles. The summed E-state index contributed by atoms with van der Waals surface area (Å²) in [5.74, 6) is -1.19. The van der Waals surface area contributed by atoms with Crippen molar-refractivity contribution >= 4 is 17.3 Å². The summed E-state index contributed by atoms with van der Waals surface area (Å²) >= 11 is 0. The van der Waals surface area contributed by atoms with Gasteiger partial charge in [0.25, 0.3) is 0 Å². The number of carbonyl (C=O) groups is 2. The van der Waals surface area contributed by atoms with Gasteiger partial charge in [0, 0.05) is 5.92 Å². The molecule has 0 saturated carbocycles. The lowest BCUT2D eigenvalue weighted by Gasteiger charge is -2.30. The fourth-order valence-electron chi connectivity index (χ4n) is 3.69. The number of rotatable bonds is 5. The first-order valence-corrected chi connectivity index (χ1v) is 9.16. The van der Waals surface area contributed by atoms with Gasteiger partial charge in [0.1, 0.15) is 11.7 Å². The second-order valence-corrected chi connectivity index (χ2v) is 6.72. The van der Waals surface area contributed by atoms with Gasteiger partial charge in [0.15, 0.2) is 5.78 Å². The van der Waals surface area contributed by atoms with E-state index in [2.05, 4.69) is 6.07 Å². The van der Waals surface area contributed by atoms with E-state index in [1.807, 2.05) is 49.4 Å². The molecule has 27 heavy (non-hydrogen) atoms. The first-order valence-electron chi connectivity index (χ1n) is 9.16. The highest BCUT2D eigenvalue weighted by atomic mass is 16.5. The molecule has 2 aromatic carbocycles. The van der Waals surface area contributed by atoms with E-state index in [-0.39, 0.29) is 18.3 Å². The highest BCUT2D eigenvalue weighted by Crippen LogP contribution is 2.43. The minimum absolute atomic E-state index is 0.216. The summed E-state index contributed by atoms with van der Waals surface area (Å²) in [6.45, 7) is 4.01. The van der Waals surface area contributed by atoms with Crippen molar-refractivity contribution in [1.29, 1.82) is 0 Å². The maximum absolute atomic E-state index is 12.9. The molecule has 0 N–H and O–H groups in total. The lowest BCUT2D eigenvalue weighted by atomic mass is 9.73. The lowest BCUT2D eigenvalue weighted by molar-refractivity contribution is -0.151. The number of ether oxygens (including phenoxy) is 2. The number of aryl methyl sites for hydroxylation is 1. The van der Waals surface area contributed by atoms with E-state index >= 15 is 0 Å². The van der Waals surface area contributed by atoms with Crippen LogP contribution in [0.1, 0.15) is 36.0 Å². The number of benzene rings is 2. The van der Waals surface area contributed by atoms with Crippen molar-refractivity contribution in [2.45, 2.75) is 26.2 Å². The van der Waals surface area contributed by atoms with E-state index in [0.29, 0.717) is 12.2 Å². The molecule has 2 aromatic rings. The van der Waals surface area contributed by atoms with Gasteiger partial charge in [0.05, 0.1) is 13.7 Å². The summed E-state index contributed by atoms with van der Waals surface area (Å²) in [7, 11) is 1.60. The minimum Gasteiger partial charge on any atom is -0.496 e. The Labute approximate surface area is 159 Å². The molecule has 1 aliphatic rings. The Morgan fingerprint density at radius 2 is 1.93 bits per heavy atom. The Hall–Kier alpha value is -2.88. The Bertz CT molecular complexity index is 881. The zero-order chi connectivity index (χ0) is 19.4. The van der Waals surface area contributed by atoms with E-state index in [0.717, 1.165) is 22.3 Å². The molecule has 3 rings (SSSR count). The number of methoxy groups -OCH3 is 1. The van der Waals surface area contributed by atoms with Gasteiger partial charge < -0.3 is 9.47 Å². The molecule has 0 unspecified atom stereocenters. The number of allylic oxidation sites excluding steroid dienone is 2. The van der Waals surface area contributed by atoms with Gasteiger partial charge in [-0.15, -0.1) is 0 Å². The van der Waals surface area contributed by atoms with Crippen LogP contribution in [0, 0.1) is 12.8 Å². The van der Waals surface area contributed by atoms with E-state index in [1.54, 1.807) is 20.1 Å². The number of esters is 1. The highest BCUT2D eigenvalue weighted by Gasteiger charge is 2.40. The van der Waals surface area contributed by atoms with Gasteiger partial charge in [-0.3, -0.25) is 9.59 Å². The minimum atomic E-state index is -0.852. The third kappa shape index (κ3) is 3.95. The van der Waals surface area contributed by atoms with Crippen molar-refractivity contribution in [2.24, 2.45) is 5.92 Å². The second-order valence-electron chi connectivity index (χ2n) is 6.72. The summed E-state index contributed by atoms with van der Waals surface area (Å²) in [5.41, 5.74) is 3.91. The molecule has 0 radical (unpaired) electrons. The van der Waals surface area contributed by atoms with Crippen LogP contribution in [0.25, 0.3) is 5.57 Å². The van der Waals surface area contributed by atoms with Gasteiger partial charge in [-0.25, -0.2) is 0 Å². The SMILES string of the molecule is CCOC(=O)[C@@H]1C(=O)C=C(c2cccc(C)c2)C[C@H]1c1ccccc1OC. The normalized spacial score (nSPS) is 19.4. The predicted molar refractivity (Wildman–Crippen MR) is 105 cm³/mol. The Balaban J connectivity index is 2.07.